The highest BCUT2D eigenvalue weighted by molar-refractivity contribution is 7.92. The van der Waals surface area contributed by atoms with E-state index in [1.54, 1.807) is 18.2 Å². The molecule has 0 aromatic heterocycles. The molecule has 0 bridgehead atoms. The molecular weight excluding hydrogens is 485 g/mol. The van der Waals surface area contributed by atoms with Crippen LogP contribution < -0.4 is 19.1 Å². The molecule has 0 saturated carbocycles. The summed E-state index contributed by atoms with van der Waals surface area (Å²) in [6.45, 7) is 1.09. The monoisotopic (exact) mass is 508 g/mol. The largest absolute Gasteiger partial charge is 0.493 e. The van der Waals surface area contributed by atoms with Gasteiger partial charge >= 0.3 is 6.18 Å². The molecule has 0 heterocycles. The van der Waals surface area contributed by atoms with Crippen LogP contribution in [-0.2, 0) is 21.0 Å². The summed E-state index contributed by atoms with van der Waals surface area (Å²) in [7, 11) is -1.14. The van der Waals surface area contributed by atoms with Crippen LogP contribution in [0.5, 0.6) is 11.5 Å². The first-order chi connectivity index (χ1) is 15.3. The summed E-state index contributed by atoms with van der Waals surface area (Å²) in [5, 5.41) is 2.13. The quantitative estimate of drug-likeness (QED) is 0.542. The molecule has 33 heavy (non-hydrogen) atoms. The third-order valence-corrected chi connectivity index (χ3v) is 6.25. The Kier molecular flexibility index (Phi) is 8.47. The second-order valence-electron chi connectivity index (χ2n) is 7.07. The first-order valence-corrected chi connectivity index (χ1v) is 11.9. The van der Waals surface area contributed by atoms with Gasteiger partial charge in [-0.3, -0.25) is 9.10 Å². The molecule has 0 aliphatic heterocycles. The summed E-state index contributed by atoms with van der Waals surface area (Å²) in [5.74, 6) is 0.237. The summed E-state index contributed by atoms with van der Waals surface area (Å²) in [5.41, 5.74) is -0.851. The van der Waals surface area contributed by atoms with Crippen LogP contribution in [-0.4, -0.2) is 41.3 Å². The topological polar surface area (TPSA) is 84.9 Å². The number of carbonyl (C=O) groups is 1. The molecule has 1 N–H and O–H groups in total. The molecule has 0 aliphatic rings. The maximum Gasteiger partial charge on any atom is 0.417 e. The molecule has 1 atom stereocenters. The average Bonchev–Trinajstić information content (AvgIpc) is 2.74. The van der Waals surface area contributed by atoms with Crippen molar-refractivity contribution in [1.82, 2.24) is 5.32 Å². The van der Waals surface area contributed by atoms with E-state index in [1.807, 2.05) is 6.92 Å². The zero-order valence-electron chi connectivity index (χ0n) is 18.4. The van der Waals surface area contributed by atoms with Crippen LogP contribution in [0.2, 0.25) is 5.02 Å². The molecular formula is C21H24ClF3N2O5S. The highest BCUT2D eigenvalue weighted by atomic mass is 35.5. The van der Waals surface area contributed by atoms with E-state index >= 15 is 0 Å². The van der Waals surface area contributed by atoms with Crippen LogP contribution in [0.15, 0.2) is 36.4 Å². The van der Waals surface area contributed by atoms with E-state index < -0.39 is 45.3 Å². The number of nitrogens with zero attached hydrogens (tertiary/aromatic N) is 1. The van der Waals surface area contributed by atoms with Crippen LogP contribution >= 0.6 is 11.6 Å². The molecule has 182 valence electrons. The third kappa shape index (κ3) is 6.67. The Labute approximate surface area is 195 Å². The Hall–Kier alpha value is -2.66. The lowest BCUT2D eigenvalue weighted by molar-refractivity contribution is -0.137. The maximum absolute atomic E-state index is 13.2. The molecule has 2 aromatic rings. The normalized spacial score (nSPS) is 12.7. The van der Waals surface area contributed by atoms with E-state index in [1.165, 1.54) is 14.2 Å². The van der Waals surface area contributed by atoms with Gasteiger partial charge in [-0.2, -0.15) is 13.2 Å². The van der Waals surface area contributed by atoms with E-state index in [0.717, 1.165) is 18.4 Å². The average molecular weight is 509 g/mol. The number of hydrogen-bond acceptors (Lipinski definition) is 5. The number of nitrogens with one attached hydrogen (secondary N) is 1. The van der Waals surface area contributed by atoms with Crippen molar-refractivity contribution in [2.45, 2.75) is 25.6 Å². The fourth-order valence-electron chi connectivity index (χ4n) is 3.15. The molecule has 7 nitrogen and oxygen atoms in total. The number of anilines is 1. The highest BCUT2D eigenvalue weighted by Crippen LogP contribution is 2.37. The summed E-state index contributed by atoms with van der Waals surface area (Å²) in [6, 6.07) is 7.21. The van der Waals surface area contributed by atoms with Crippen molar-refractivity contribution in [3.8, 4) is 11.5 Å². The standard InChI is InChI=1S/C21H24ClF3N2O5S/c1-5-17(13-6-9-18(31-2)19(10-13)32-3)26-20(28)12-27(33(4,29)30)14-7-8-16(22)15(11-14)21(23,24)25/h6-11,17H,5,12H2,1-4H3,(H,26,28). The number of benzene rings is 2. The van der Waals surface area contributed by atoms with Crippen LogP contribution in [0, 0.1) is 0 Å². The number of hydrogen-bond donors (Lipinski definition) is 1. The fraction of sp³-hybridized carbons (Fsp3) is 0.381. The van der Waals surface area contributed by atoms with Crippen molar-refractivity contribution in [1.29, 1.82) is 0 Å². The molecule has 1 amide bonds. The minimum absolute atomic E-state index is 0.330. The SMILES string of the molecule is CCC(NC(=O)CN(c1ccc(Cl)c(C(F)(F)F)c1)S(C)(=O)=O)c1ccc(OC)c(OC)c1. The zero-order valence-corrected chi connectivity index (χ0v) is 19.9. The predicted molar refractivity (Wildman–Crippen MR) is 119 cm³/mol. The summed E-state index contributed by atoms with van der Waals surface area (Å²) >= 11 is 5.62. The van der Waals surface area contributed by atoms with Gasteiger partial charge in [0.2, 0.25) is 15.9 Å². The number of methoxy groups -OCH3 is 2. The molecule has 0 spiro atoms. The van der Waals surface area contributed by atoms with Crippen LogP contribution in [0.1, 0.15) is 30.5 Å². The lowest BCUT2D eigenvalue weighted by Gasteiger charge is -2.25. The smallest absolute Gasteiger partial charge is 0.417 e. The van der Waals surface area contributed by atoms with E-state index in [0.29, 0.717) is 33.9 Å². The minimum Gasteiger partial charge on any atom is -0.493 e. The third-order valence-electron chi connectivity index (χ3n) is 4.78. The highest BCUT2D eigenvalue weighted by Gasteiger charge is 2.34. The molecule has 0 saturated heterocycles. The summed E-state index contributed by atoms with van der Waals surface area (Å²) in [6.07, 6.45) is -3.54. The number of ether oxygens (including phenoxy) is 2. The van der Waals surface area contributed by atoms with Crippen molar-refractivity contribution >= 4 is 33.2 Å². The zero-order chi connectivity index (χ0) is 25.0. The van der Waals surface area contributed by atoms with Crippen LogP contribution in [0.4, 0.5) is 18.9 Å². The summed E-state index contributed by atoms with van der Waals surface area (Å²) < 4.78 is 75.3. The van der Waals surface area contributed by atoms with E-state index in [4.69, 9.17) is 21.1 Å². The van der Waals surface area contributed by atoms with E-state index in [2.05, 4.69) is 5.32 Å². The Bertz CT molecular complexity index is 1110. The maximum atomic E-state index is 13.2. The Morgan fingerprint density at radius 1 is 1.12 bits per heavy atom. The van der Waals surface area contributed by atoms with Gasteiger partial charge in [0.05, 0.1) is 42.8 Å². The van der Waals surface area contributed by atoms with Crippen LogP contribution in [0.25, 0.3) is 0 Å². The van der Waals surface area contributed by atoms with Gasteiger partial charge in [-0.1, -0.05) is 24.6 Å². The second-order valence-corrected chi connectivity index (χ2v) is 9.39. The predicted octanol–water partition coefficient (Wildman–Crippen LogP) is 4.41. The number of halogens is 4. The lowest BCUT2D eigenvalue weighted by atomic mass is 10.0. The number of rotatable bonds is 9. The number of carbonyl (C=O) groups excluding carboxylic acids is 1. The van der Waals surface area contributed by atoms with Crippen molar-refractivity contribution in [2.75, 3.05) is 31.3 Å². The summed E-state index contributed by atoms with van der Waals surface area (Å²) in [4.78, 5) is 12.7. The first-order valence-electron chi connectivity index (χ1n) is 9.67. The second kappa shape index (κ2) is 10.5. The first kappa shape index (κ1) is 26.6. The van der Waals surface area contributed by atoms with E-state index in [-0.39, 0.29) is 5.69 Å². The van der Waals surface area contributed by atoms with Gasteiger partial charge in [0, 0.05) is 0 Å². The molecule has 2 rings (SSSR count). The van der Waals surface area contributed by atoms with Gasteiger partial charge in [0.25, 0.3) is 0 Å². The molecule has 0 fully saturated rings. The number of amides is 1. The van der Waals surface area contributed by atoms with Gasteiger partial charge in [-0.15, -0.1) is 0 Å². The Balaban J connectivity index is 2.31. The van der Waals surface area contributed by atoms with Gasteiger partial charge in [0.15, 0.2) is 11.5 Å². The van der Waals surface area contributed by atoms with Crippen LogP contribution in [0.3, 0.4) is 0 Å². The Morgan fingerprint density at radius 3 is 2.27 bits per heavy atom. The van der Waals surface area contributed by atoms with E-state index in [9.17, 15) is 26.4 Å². The van der Waals surface area contributed by atoms with Gasteiger partial charge < -0.3 is 14.8 Å². The van der Waals surface area contributed by atoms with Gasteiger partial charge in [-0.05, 0) is 42.3 Å². The lowest BCUT2D eigenvalue weighted by Crippen LogP contribution is -2.41. The minimum atomic E-state index is -4.79. The molecule has 0 aliphatic carbocycles. The molecule has 0 radical (unpaired) electrons. The van der Waals surface area contributed by atoms with Crippen molar-refractivity contribution in [3.05, 3.63) is 52.5 Å². The van der Waals surface area contributed by atoms with Crippen molar-refractivity contribution < 1.29 is 35.9 Å². The van der Waals surface area contributed by atoms with Crippen molar-refractivity contribution in [2.24, 2.45) is 0 Å². The van der Waals surface area contributed by atoms with Gasteiger partial charge in [-0.25, -0.2) is 8.42 Å². The van der Waals surface area contributed by atoms with Gasteiger partial charge in [0.1, 0.15) is 6.54 Å². The fourth-order valence-corrected chi connectivity index (χ4v) is 4.22. The number of sulfonamides is 1. The number of alkyl halides is 3. The molecule has 12 heteroatoms. The molecule has 1 unspecified atom stereocenters. The van der Waals surface area contributed by atoms with Crippen molar-refractivity contribution in [3.63, 3.8) is 0 Å². The Morgan fingerprint density at radius 2 is 1.76 bits per heavy atom. The molecule has 2 aromatic carbocycles.